The van der Waals surface area contributed by atoms with E-state index in [1.165, 1.54) is 12.1 Å². The molecule has 0 unspecified atom stereocenters. The number of esters is 1. The van der Waals surface area contributed by atoms with E-state index in [-0.39, 0.29) is 11.5 Å². The number of ether oxygens (including phenoxy) is 1. The first-order valence-corrected chi connectivity index (χ1v) is 9.48. The molecule has 0 aliphatic heterocycles. The Balaban J connectivity index is 1.47. The van der Waals surface area contributed by atoms with Crippen molar-refractivity contribution in [3.8, 4) is 5.69 Å². The first kappa shape index (κ1) is 19.1. The van der Waals surface area contributed by atoms with E-state index in [4.69, 9.17) is 16.3 Å². The lowest BCUT2D eigenvalue weighted by Crippen LogP contribution is -2.21. The van der Waals surface area contributed by atoms with Crippen LogP contribution >= 0.6 is 11.6 Å². The first-order chi connectivity index (χ1) is 14.0. The average Bonchev–Trinajstić information content (AvgIpc) is 3.30. The number of rotatable bonds is 5. The second-order valence-electron chi connectivity index (χ2n) is 6.65. The fourth-order valence-corrected chi connectivity index (χ4v) is 3.55. The van der Waals surface area contributed by atoms with Crippen molar-refractivity contribution in [2.75, 3.05) is 11.9 Å². The molecule has 1 amide bonds. The number of amides is 1. The second-order valence-corrected chi connectivity index (χ2v) is 7.09. The average molecular weight is 414 g/mol. The molecule has 148 valence electrons. The number of fused-ring (bicyclic) bond motifs is 1. The lowest BCUT2D eigenvalue weighted by Gasteiger charge is -2.07. The molecular weight excluding hydrogens is 397 g/mol. The van der Waals surface area contributed by atoms with Gasteiger partial charge in [0.2, 0.25) is 0 Å². The lowest BCUT2D eigenvalue weighted by molar-refractivity contribution is -0.119. The molecule has 29 heavy (non-hydrogen) atoms. The SMILES string of the molecule is O=C(COC(=O)c1nn(-c2ccc(F)cc2)c2c1CCC2)Nc1cccc(Cl)c1. The third-order valence-corrected chi connectivity index (χ3v) is 4.87. The van der Waals surface area contributed by atoms with Crippen LogP contribution in [-0.2, 0) is 22.4 Å². The van der Waals surface area contributed by atoms with Crippen LogP contribution in [0.2, 0.25) is 5.02 Å². The third-order valence-electron chi connectivity index (χ3n) is 4.64. The van der Waals surface area contributed by atoms with Gasteiger partial charge in [-0.05, 0) is 61.7 Å². The Morgan fingerprint density at radius 3 is 2.72 bits per heavy atom. The highest BCUT2D eigenvalue weighted by Gasteiger charge is 2.28. The number of hydrogen-bond donors (Lipinski definition) is 1. The van der Waals surface area contributed by atoms with Gasteiger partial charge in [-0.15, -0.1) is 0 Å². The maximum absolute atomic E-state index is 13.2. The van der Waals surface area contributed by atoms with E-state index in [9.17, 15) is 14.0 Å². The number of carbonyl (C=O) groups excluding carboxylic acids is 2. The highest BCUT2D eigenvalue weighted by molar-refractivity contribution is 6.30. The van der Waals surface area contributed by atoms with Gasteiger partial charge in [-0.1, -0.05) is 17.7 Å². The molecule has 2 aromatic carbocycles. The molecule has 1 heterocycles. The van der Waals surface area contributed by atoms with Gasteiger partial charge in [-0.3, -0.25) is 4.79 Å². The van der Waals surface area contributed by atoms with Crippen LogP contribution in [0.3, 0.4) is 0 Å². The predicted molar refractivity (Wildman–Crippen MR) is 106 cm³/mol. The minimum Gasteiger partial charge on any atom is -0.451 e. The predicted octanol–water partition coefficient (Wildman–Crippen LogP) is 3.95. The zero-order valence-corrected chi connectivity index (χ0v) is 16.1. The minimum absolute atomic E-state index is 0.192. The summed E-state index contributed by atoms with van der Waals surface area (Å²) in [5.41, 5.74) is 3.10. The summed E-state index contributed by atoms with van der Waals surface area (Å²) in [6, 6.07) is 12.6. The molecule has 8 heteroatoms. The van der Waals surface area contributed by atoms with E-state index >= 15 is 0 Å². The largest absolute Gasteiger partial charge is 0.451 e. The van der Waals surface area contributed by atoms with Crippen molar-refractivity contribution in [2.24, 2.45) is 0 Å². The zero-order chi connectivity index (χ0) is 20.4. The highest BCUT2D eigenvalue weighted by atomic mass is 35.5. The molecule has 6 nitrogen and oxygen atoms in total. The van der Waals surface area contributed by atoms with Crippen LogP contribution in [-0.4, -0.2) is 28.3 Å². The topological polar surface area (TPSA) is 73.2 Å². The fraction of sp³-hybridized carbons (Fsp3) is 0.190. The molecule has 1 aromatic heterocycles. The molecule has 0 fully saturated rings. The van der Waals surface area contributed by atoms with Gasteiger partial charge >= 0.3 is 5.97 Å². The van der Waals surface area contributed by atoms with Crippen molar-refractivity contribution in [3.05, 3.63) is 76.3 Å². The summed E-state index contributed by atoms with van der Waals surface area (Å²) in [5, 5.41) is 7.48. The van der Waals surface area contributed by atoms with Crippen molar-refractivity contribution in [3.63, 3.8) is 0 Å². The van der Waals surface area contributed by atoms with Crippen LogP contribution in [0.4, 0.5) is 10.1 Å². The van der Waals surface area contributed by atoms with Crippen LogP contribution < -0.4 is 5.32 Å². The number of halogens is 2. The minimum atomic E-state index is -0.662. The van der Waals surface area contributed by atoms with Crippen molar-refractivity contribution >= 4 is 29.2 Å². The van der Waals surface area contributed by atoms with Gasteiger partial charge in [-0.2, -0.15) is 5.10 Å². The van der Waals surface area contributed by atoms with Crippen molar-refractivity contribution in [1.82, 2.24) is 9.78 Å². The Bertz CT molecular complexity index is 1080. The molecule has 1 aliphatic carbocycles. The molecule has 3 aromatic rings. The van der Waals surface area contributed by atoms with E-state index < -0.39 is 18.5 Å². The summed E-state index contributed by atoms with van der Waals surface area (Å²) < 4.78 is 20.0. The van der Waals surface area contributed by atoms with Crippen molar-refractivity contribution in [1.29, 1.82) is 0 Å². The quantitative estimate of drug-likeness (QED) is 0.643. The van der Waals surface area contributed by atoms with Crippen LogP contribution in [0.15, 0.2) is 48.5 Å². The summed E-state index contributed by atoms with van der Waals surface area (Å²) in [4.78, 5) is 24.6. The number of aromatic nitrogens is 2. The Hall–Kier alpha value is -3.19. The van der Waals surface area contributed by atoms with Crippen LogP contribution in [0.5, 0.6) is 0 Å². The number of nitrogens with zero attached hydrogens (tertiary/aromatic N) is 2. The van der Waals surface area contributed by atoms with Gasteiger partial charge in [0.05, 0.1) is 5.69 Å². The Morgan fingerprint density at radius 2 is 1.97 bits per heavy atom. The fourth-order valence-electron chi connectivity index (χ4n) is 3.36. The number of nitrogens with one attached hydrogen (secondary N) is 1. The smallest absolute Gasteiger partial charge is 0.359 e. The van der Waals surface area contributed by atoms with Crippen molar-refractivity contribution < 1.29 is 18.7 Å². The normalized spacial score (nSPS) is 12.5. The van der Waals surface area contributed by atoms with Gasteiger partial charge < -0.3 is 10.1 Å². The zero-order valence-electron chi connectivity index (χ0n) is 15.3. The van der Waals surface area contributed by atoms with Gasteiger partial charge in [0.1, 0.15) is 5.82 Å². The van der Waals surface area contributed by atoms with E-state index in [0.29, 0.717) is 22.8 Å². The van der Waals surface area contributed by atoms with E-state index in [1.54, 1.807) is 41.1 Å². The van der Waals surface area contributed by atoms with E-state index in [2.05, 4.69) is 10.4 Å². The van der Waals surface area contributed by atoms with E-state index in [0.717, 1.165) is 24.1 Å². The molecule has 4 rings (SSSR count). The van der Waals surface area contributed by atoms with Gasteiger partial charge in [0, 0.05) is 22.0 Å². The molecule has 0 bridgehead atoms. The molecule has 1 aliphatic rings. The van der Waals surface area contributed by atoms with Crippen LogP contribution in [0.25, 0.3) is 5.69 Å². The van der Waals surface area contributed by atoms with Gasteiger partial charge in [0.25, 0.3) is 5.91 Å². The number of benzene rings is 2. The molecule has 0 saturated heterocycles. The first-order valence-electron chi connectivity index (χ1n) is 9.10. The highest BCUT2D eigenvalue weighted by Crippen LogP contribution is 2.28. The maximum Gasteiger partial charge on any atom is 0.359 e. The van der Waals surface area contributed by atoms with E-state index in [1.807, 2.05) is 0 Å². The monoisotopic (exact) mass is 413 g/mol. The Kier molecular flexibility index (Phi) is 5.31. The number of hydrogen-bond acceptors (Lipinski definition) is 4. The van der Waals surface area contributed by atoms with Crippen molar-refractivity contribution in [2.45, 2.75) is 19.3 Å². The molecule has 0 saturated carbocycles. The van der Waals surface area contributed by atoms with Crippen LogP contribution in [0.1, 0.15) is 28.2 Å². The molecule has 0 radical (unpaired) electrons. The summed E-state index contributed by atoms with van der Waals surface area (Å²) >= 11 is 5.88. The lowest BCUT2D eigenvalue weighted by atomic mass is 10.2. The maximum atomic E-state index is 13.2. The Labute approximate surface area is 171 Å². The summed E-state index contributed by atoms with van der Waals surface area (Å²) in [6.45, 7) is -0.441. The summed E-state index contributed by atoms with van der Waals surface area (Å²) in [5.74, 6) is -1.48. The second kappa shape index (κ2) is 8.05. The number of anilines is 1. The molecule has 1 N–H and O–H groups in total. The van der Waals surface area contributed by atoms with Crippen LogP contribution in [0, 0.1) is 5.82 Å². The van der Waals surface area contributed by atoms with Gasteiger partial charge in [-0.25, -0.2) is 13.9 Å². The third kappa shape index (κ3) is 4.14. The number of carbonyl (C=O) groups is 2. The standard InChI is InChI=1S/C21H17ClFN3O3/c22-13-3-1-4-15(11-13)24-19(27)12-29-21(28)20-17-5-2-6-18(17)26(25-20)16-9-7-14(23)8-10-16/h1,3-4,7-11H,2,5-6,12H2,(H,24,27). The summed E-state index contributed by atoms with van der Waals surface area (Å²) in [7, 11) is 0. The molecule has 0 atom stereocenters. The Morgan fingerprint density at radius 1 is 1.17 bits per heavy atom. The molecular formula is C21H17ClFN3O3. The summed E-state index contributed by atoms with van der Waals surface area (Å²) in [6.07, 6.45) is 2.36. The van der Waals surface area contributed by atoms with Gasteiger partial charge in [0.15, 0.2) is 12.3 Å². The molecule has 0 spiro atoms.